The van der Waals surface area contributed by atoms with Crippen LogP contribution in [0.3, 0.4) is 0 Å². The van der Waals surface area contributed by atoms with E-state index in [1.54, 1.807) is 17.6 Å². The second kappa shape index (κ2) is 11.5. The number of halogens is 1. The zero-order valence-electron chi connectivity index (χ0n) is 12.8. The monoisotopic (exact) mass is 336 g/mol. The highest BCUT2D eigenvalue weighted by Crippen LogP contribution is 2.16. The van der Waals surface area contributed by atoms with E-state index in [2.05, 4.69) is 5.32 Å². The average Bonchev–Trinajstić information content (AvgIpc) is 2.56. The zero-order valence-corrected chi connectivity index (χ0v) is 13.6. The van der Waals surface area contributed by atoms with E-state index in [1.807, 2.05) is 30.3 Å². The van der Waals surface area contributed by atoms with Gasteiger partial charge in [0, 0.05) is 24.1 Å². The first-order chi connectivity index (χ1) is 11.1. The van der Waals surface area contributed by atoms with Crippen molar-refractivity contribution < 1.29 is 14.8 Å². The number of rotatable bonds is 9. The molecule has 0 aliphatic rings. The molecule has 0 spiro atoms. The standard InChI is InChI=1S/C17H21ClN2O3/c18-15-10-5-3-8-14(15)9-4-6-11-16(21)19-13-7-1-2-12-17(22)20-23/h3-6,8-11,23H,1-2,7,12-13H2,(H,19,21)(H,20,22). The normalized spacial score (nSPS) is 11.0. The first kappa shape index (κ1) is 18.9. The molecular weight excluding hydrogens is 316 g/mol. The lowest BCUT2D eigenvalue weighted by molar-refractivity contribution is -0.129. The number of unbranched alkanes of at least 4 members (excludes halogenated alkanes) is 2. The van der Waals surface area contributed by atoms with Crippen molar-refractivity contribution in [3.8, 4) is 0 Å². The molecular formula is C17H21ClN2O3. The molecule has 0 aliphatic heterocycles. The lowest BCUT2D eigenvalue weighted by atomic mass is 10.2. The molecule has 0 heterocycles. The van der Waals surface area contributed by atoms with Crippen LogP contribution in [-0.2, 0) is 9.59 Å². The number of benzene rings is 1. The summed E-state index contributed by atoms with van der Waals surface area (Å²) in [6.45, 7) is 0.554. The summed E-state index contributed by atoms with van der Waals surface area (Å²) in [5, 5.41) is 11.7. The topological polar surface area (TPSA) is 78.4 Å². The highest BCUT2D eigenvalue weighted by molar-refractivity contribution is 6.32. The molecule has 1 rings (SSSR count). The summed E-state index contributed by atoms with van der Waals surface area (Å²) in [7, 11) is 0. The van der Waals surface area contributed by atoms with E-state index in [0.29, 0.717) is 18.0 Å². The molecule has 1 aromatic carbocycles. The minimum Gasteiger partial charge on any atom is -0.353 e. The van der Waals surface area contributed by atoms with Crippen molar-refractivity contribution in [2.75, 3.05) is 6.54 Å². The number of nitrogens with one attached hydrogen (secondary N) is 2. The Morgan fingerprint density at radius 3 is 2.65 bits per heavy atom. The molecule has 0 atom stereocenters. The molecule has 0 aliphatic carbocycles. The Kier molecular flexibility index (Phi) is 9.43. The zero-order chi connectivity index (χ0) is 16.9. The average molecular weight is 337 g/mol. The van der Waals surface area contributed by atoms with Crippen LogP contribution in [0, 0.1) is 0 Å². The number of carbonyl (C=O) groups is 2. The second-order valence-corrected chi connectivity index (χ2v) is 5.28. The van der Waals surface area contributed by atoms with Crippen molar-refractivity contribution in [2.45, 2.75) is 25.7 Å². The molecule has 0 fully saturated rings. The highest BCUT2D eigenvalue weighted by atomic mass is 35.5. The van der Waals surface area contributed by atoms with Crippen LogP contribution in [0.15, 0.2) is 42.5 Å². The fraction of sp³-hybridized carbons (Fsp3) is 0.294. The minimum absolute atomic E-state index is 0.165. The number of carbonyl (C=O) groups excluding carboxylic acids is 2. The third kappa shape index (κ3) is 8.80. The summed E-state index contributed by atoms with van der Waals surface area (Å²) >= 11 is 6.01. The Hall–Kier alpha value is -2.11. The van der Waals surface area contributed by atoms with Gasteiger partial charge in [-0.25, -0.2) is 5.48 Å². The smallest absolute Gasteiger partial charge is 0.243 e. The molecule has 124 valence electrons. The Bertz CT molecular complexity index is 571. The van der Waals surface area contributed by atoms with E-state index in [9.17, 15) is 9.59 Å². The third-order valence-electron chi connectivity index (χ3n) is 3.04. The molecule has 0 radical (unpaired) electrons. The first-order valence-electron chi connectivity index (χ1n) is 7.43. The van der Waals surface area contributed by atoms with Gasteiger partial charge >= 0.3 is 0 Å². The Morgan fingerprint density at radius 2 is 1.91 bits per heavy atom. The van der Waals surface area contributed by atoms with Crippen LogP contribution < -0.4 is 10.8 Å². The van der Waals surface area contributed by atoms with E-state index in [-0.39, 0.29) is 18.2 Å². The molecule has 23 heavy (non-hydrogen) atoms. The predicted molar refractivity (Wildman–Crippen MR) is 91.0 cm³/mol. The molecule has 2 amide bonds. The van der Waals surface area contributed by atoms with Gasteiger partial charge in [0.1, 0.15) is 0 Å². The first-order valence-corrected chi connectivity index (χ1v) is 7.81. The van der Waals surface area contributed by atoms with Gasteiger partial charge in [-0.3, -0.25) is 14.8 Å². The maximum atomic E-state index is 11.6. The van der Waals surface area contributed by atoms with Gasteiger partial charge in [-0.15, -0.1) is 0 Å². The van der Waals surface area contributed by atoms with Crippen molar-refractivity contribution in [1.29, 1.82) is 0 Å². The lowest BCUT2D eigenvalue weighted by Gasteiger charge is -2.02. The summed E-state index contributed by atoms with van der Waals surface area (Å²) < 4.78 is 0. The summed E-state index contributed by atoms with van der Waals surface area (Å²) in [4.78, 5) is 22.3. The number of allylic oxidation sites excluding steroid dienone is 2. The van der Waals surface area contributed by atoms with E-state index >= 15 is 0 Å². The quantitative estimate of drug-likeness (QED) is 0.213. The van der Waals surface area contributed by atoms with Gasteiger partial charge in [0.15, 0.2) is 0 Å². The summed E-state index contributed by atoms with van der Waals surface area (Å²) in [5.74, 6) is -0.552. The highest BCUT2D eigenvalue weighted by Gasteiger charge is 1.99. The van der Waals surface area contributed by atoms with E-state index in [4.69, 9.17) is 16.8 Å². The van der Waals surface area contributed by atoms with E-state index < -0.39 is 0 Å². The molecule has 1 aromatic rings. The summed E-state index contributed by atoms with van der Waals surface area (Å²) in [6.07, 6.45) is 9.26. The fourth-order valence-corrected chi connectivity index (χ4v) is 2.02. The van der Waals surface area contributed by atoms with Crippen LogP contribution in [0.1, 0.15) is 31.2 Å². The molecule has 0 unspecified atom stereocenters. The van der Waals surface area contributed by atoms with Crippen LogP contribution in [0.25, 0.3) is 6.08 Å². The van der Waals surface area contributed by atoms with Crippen molar-refractivity contribution in [1.82, 2.24) is 10.8 Å². The minimum atomic E-state index is -0.387. The number of hydroxylamine groups is 1. The number of hydrogen-bond donors (Lipinski definition) is 3. The molecule has 5 nitrogen and oxygen atoms in total. The van der Waals surface area contributed by atoms with Crippen LogP contribution >= 0.6 is 11.6 Å². The largest absolute Gasteiger partial charge is 0.353 e. The molecule has 0 bridgehead atoms. The SMILES string of the molecule is O=C(C=CC=Cc1ccccc1Cl)NCCCCCC(=O)NO. The van der Waals surface area contributed by atoms with Gasteiger partial charge in [-0.2, -0.15) is 0 Å². The van der Waals surface area contributed by atoms with Gasteiger partial charge < -0.3 is 5.32 Å². The Labute approximate surface area is 141 Å². The van der Waals surface area contributed by atoms with Crippen molar-refractivity contribution in [3.05, 3.63) is 53.1 Å². The number of amides is 2. The van der Waals surface area contributed by atoms with Gasteiger partial charge in [0.2, 0.25) is 11.8 Å². The number of hydrogen-bond acceptors (Lipinski definition) is 3. The Morgan fingerprint density at radius 1 is 1.13 bits per heavy atom. The molecule has 3 N–H and O–H groups in total. The maximum Gasteiger partial charge on any atom is 0.243 e. The maximum absolute atomic E-state index is 11.6. The van der Waals surface area contributed by atoms with E-state index in [0.717, 1.165) is 18.4 Å². The van der Waals surface area contributed by atoms with Crippen LogP contribution in [-0.4, -0.2) is 23.6 Å². The lowest BCUT2D eigenvalue weighted by Crippen LogP contribution is -2.22. The van der Waals surface area contributed by atoms with Crippen molar-refractivity contribution >= 4 is 29.5 Å². The van der Waals surface area contributed by atoms with Crippen LogP contribution in [0.2, 0.25) is 5.02 Å². The third-order valence-corrected chi connectivity index (χ3v) is 3.39. The van der Waals surface area contributed by atoms with Crippen LogP contribution in [0.5, 0.6) is 0 Å². The molecule has 0 aromatic heterocycles. The predicted octanol–water partition coefficient (Wildman–Crippen LogP) is 3.09. The fourth-order valence-electron chi connectivity index (χ4n) is 1.83. The van der Waals surface area contributed by atoms with Crippen LogP contribution in [0.4, 0.5) is 0 Å². The van der Waals surface area contributed by atoms with Gasteiger partial charge in [-0.05, 0) is 24.5 Å². The van der Waals surface area contributed by atoms with Gasteiger partial charge in [0.05, 0.1) is 0 Å². The van der Waals surface area contributed by atoms with Gasteiger partial charge in [0.25, 0.3) is 0 Å². The molecule has 0 saturated heterocycles. The molecule has 6 heteroatoms. The van der Waals surface area contributed by atoms with E-state index in [1.165, 1.54) is 6.08 Å². The Balaban J connectivity index is 2.16. The summed E-state index contributed by atoms with van der Waals surface area (Å²) in [6, 6.07) is 7.46. The van der Waals surface area contributed by atoms with Crippen molar-refractivity contribution in [2.24, 2.45) is 0 Å². The van der Waals surface area contributed by atoms with Crippen molar-refractivity contribution in [3.63, 3.8) is 0 Å². The summed E-state index contributed by atoms with van der Waals surface area (Å²) in [5.41, 5.74) is 2.48. The second-order valence-electron chi connectivity index (χ2n) is 4.88. The van der Waals surface area contributed by atoms with Gasteiger partial charge in [-0.1, -0.05) is 54.4 Å². The molecule has 0 saturated carbocycles.